The third-order valence-electron chi connectivity index (χ3n) is 5.18. The van der Waals surface area contributed by atoms with Crippen LogP contribution in [0.15, 0.2) is 41.7 Å². The number of benzene rings is 1. The molecule has 2 N–H and O–H groups in total. The summed E-state index contributed by atoms with van der Waals surface area (Å²) in [5, 5.41) is 10.6. The quantitative estimate of drug-likeness (QED) is 0.344. The monoisotopic (exact) mass is 524 g/mol. The number of hydrogen-bond donors (Lipinski definition) is 2. The first-order valence-corrected chi connectivity index (χ1v) is 10.4. The number of carbonyl (C=O) groups excluding carboxylic acids is 1. The van der Waals surface area contributed by atoms with Crippen molar-refractivity contribution in [1.82, 2.24) is 20.0 Å². The molecule has 0 bridgehead atoms. The van der Waals surface area contributed by atoms with Crippen LogP contribution in [-0.4, -0.2) is 46.2 Å². The number of aliphatic imine (C=N–C) groups is 1. The van der Waals surface area contributed by atoms with Crippen molar-refractivity contribution >= 4 is 41.5 Å². The van der Waals surface area contributed by atoms with Crippen LogP contribution in [0.5, 0.6) is 0 Å². The summed E-state index contributed by atoms with van der Waals surface area (Å²) in [6, 6.07) is 7.91. The van der Waals surface area contributed by atoms with Crippen LogP contribution in [0, 0.1) is 5.92 Å². The summed E-state index contributed by atoms with van der Waals surface area (Å²) in [6.45, 7) is 9.26. The molecule has 2 aromatic rings. The van der Waals surface area contributed by atoms with Crippen molar-refractivity contribution in [3.05, 3.63) is 47.8 Å². The van der Waals surface area contributed by atoms with Crippen molar-refractivity contribution in [2.24, 2.45) is 18.0 Å². The normalized spacial score (nSPS) is 16.5. The lowest BCUT2D eigenvalue weighted by Crippen LogP contribution is -2.40. The molecule has 1 atom stereocenters. The Labute approximate surface area is 196 Å². The number of nitrogens with one attached hydrogen (secondary N) is 2. The van der Waals surface area contributed by atoms with Crippen LogP contribution >= 0.6 is 24.0 Å². The van der Waals surface area contributed by atoms with Gasteiger partial charge in [-0.2, -0.15) is 5.10 Å². The van der Waals surface area contributed by atoms with Crippen LogP contribution in [0.4, 0.5) is 5.69 Å². The number of hydrogen-bond acceptors (Lipinski definition) is 3. The molecule has 30 heavy (non-hydrogen) atoms. The van der Waals surface area contributed by atoms with E-state index in [4.69, 9.17) is 4.99 Å². The summed E-state index contributed by atoms with van der Waals surface area (Å²) < 4.78 is 1.87. The number of nitrogens with zero attached hydrogens (tertiary/aromatic N) is 4. The summed E-state index contributed by atoms with van der Waals surface area (Å²) in [4.78, 5) is 19.0. The van der Waals surface area contributed by atoms with E-state index in [9.17, 15) is 4.79 Å². The Morgan fingerprint density at radius 1 is 1.30 bits per heavy atom. The Hall–Kier alpha value is -2.10. The Morgan fingerprint density at radius 2 is 2.03 bits per heavy atom. The fourth-order valence-corrected chi connectivity index (χ4v) is 3.45. The highest BCUT2D eigenvalue weighted by atomic mass is 127. The van der Waals surface area contributed by atoms with Crippen molar-refractivity contribution in [2.45, 2.75) is 39.7 Å². The molecule has 1 fully saturated rings. The van der Waals surface area contributed by atoms with Crippen LogP contribution in [0.3, 0.4) is 0 Å². The van der Waals surface area contributed by atoms with E-state index in [0.717, 1.165) is 43.3 Å². The Kier molecular flexibility index (Phi) is 9.13. The van der Waals surface area contributed by atoms with E-state index in [-0.39, 0.29) is 35.8 Å². The van der Waals surface area contributed by atoms with Gasteiger partial charge in [-0.15, -0.1) is 24.0 Å². The number of guanidine groups is 1. The lowest BCUT2D eigenvalue weighted by Gasteiger charge is -2.21. The van der Waals surface area contributed by atoms with E-state index in [0.29, 0.717) is 12.5 Å². The minimum absolute atomic E-state index is 0. The average Bonchev–Trinajstić information content (AvgIpc) is 3.35. The number of aromatic nitrogens is 2. The van der Waals surface area contributed by atoms with Gasteiger partial charge in [-0.05, 0) is 36.6 Å². The highest BCUT2D eigenvalue weighted by molar-refractivity contribution is 14.0. The molecule has 1 aliphatic heterocycles. The number of anilines is 1. The van der Waals surface area contributed by atoms with Gasteiger partial charge >= 0.3 is 0 Å². The number of carbonyl (C=O) groups is 1. The first-order valence-electron chi connectivity index (χ1n) is 10.4. The smallest absolute Gasteiger partial charge is 0.226 e. The number of likely N-dealkylation sites (tertiary alicyclic amines) is 1. The van der Waals surface area contributed by atoms with Crippen molar-refractivity contribution in [3.63, 3.8) is 0 Å². The molecule has 8 heteroatoms. The maximum atomic E-state index is 11.8. The van der Waals surface area contributed by atoms with Gasteiger partial charge in [0.05, 0.1) is 12.7 Å². The Bertz CT molecular complexity index is 846. The van der Waals surface area contributed by atoms with Gasteiger partial charge in [-0.3, -0.25) is 9.48 Å². The van der Waals surface area contributed by atoms with Gasteiger partial charge in [0, 0.05) is 50.4 Å². The minimum atomic E-state index is -0.0297. The maximum absolute atomic E-state index is 11.8. The first kappa shape index (κ1) is 24.2. The summed E-state index contributed by atoms with van der Waals surface area (Å²) in [6.07, 6.45) is 5.19. The summed E-state index contributed by atoms with van der Waals surface area (Å²) in [5.41, 5.74) is 3.23. The lowest BCUT2D eigenvalue weighted by atomic mass is 10.0. The van der Waals surface area contributed by atoms with E-state index in [1.807, 2.05) is 56.0 Å². The van der Waals surface area contributed by atoms with Gasteiger partial charge in [0.25, 0.3) is 0 Å². The van der Waals surface area contributed by atoms with Gasteiger partial charge in [-0.25, -0.2) is 4.99 Å². The lowest BCUT2D eigenvalue weighted by molar-refractivity contribution is -0.118. The molecule has 1 saturated heterocycles. The van der Waals surface area contributed by atoms with Gasteiger partial charge in [0.15, 0.2) is 5.96 Å². The van der Waals surface area contributed by atoms with E-state index in [1.165, 1.54) is 5.56 Å². The fraction of sp³-hybridized carbons (Fsp3) is 0.500. The van der Waals surface area contributed by atoms with E-state index in [2.05, 4.69) is 33.8 Å². The second kappa shape index (κ2) is 11.3. The van der Waals surface area contributed by atoms with Crippen molar-refractivity contribution < 1.29 is 4.79 Å². The van der Waals surface area contributed by atoms with Crippen molar-refractivity contribution in [1.29, 1.82) is 0 Å². The van der Waals surface area contributed by atoms with Crippen LogP contribution in [0.1, 0.15) is 44.2 Å². The van der Waals surface area contributed by atoms with Gasteiger partial charge in [-0.1, -0.05) is 26.0 Å². The zero-order valence-corrected chi connectivity index (χ0v) is 20.6. The molecule has 1 aromatic heterocycles. The highest BCUT2D eigenvalue weighted by Crippen LogP contribution is 2.26. The molecule has 0 saturated carbocycles. The molecule has 7 nitrogen and oxygen atoms in total. The molecule has 2 heterocycles. The average molecular weight is 524 g/mol. The van der Waals surface area contributed by atoms with Gasteiger partial charge in [0.2, 0.25) is 5.91 Å². The number of amides is 1. The molecule has 1 aliphatic rings. The third kappa shape index (κ3) is 6.45. The predicted molar refractivity (Wildman–Crippen MR) is 132 cm³/mol. The molecule has 0 radical (unpaired) electrons. The molecule has 1 aromatic carbocycles. The first-order chi connectivity index (χ1) is 14.0. The van der Waals surface area contributed by atoms with E-state index >= 15 is 0 Å². The predicted octanol–water partition coefficient (Wildman–Crippen LogP) is 3.59. The largest absolute Gasteiger partial charge is 0.357 e. The van der Waals surface area contributed by atoms with E-state index in [1.54, 1.807) is 0 Å². The van der Waals surface area contributed by atoms with E-state index < -0.39 is 0 Å². The number of rotatable bonds is 6. The Balaban J connectivity index is 0.00000320. The molecule has 0 spiro atoms. The maximum Gasteiger partial charge on any atom is 0.226 e. The summed E-state index contributed by atoms with van der Waals surface area (Å²) in [7, 11) is 1.96. The van der Waals surface area contributed by atoms with Crippen LogP contribution < -0.4 is 10.6 Å². The van der Waals surface area contributed by atoms with Crippen LogP contribution in [0.25, 0.3) is 0 Å². The Morgan fingerprint density at radius 3 is 2.63 bits per heavy atom. The molecule has 1 unspecified atom stereocenters. The standard InChI is InChI=1S/C22H32N6O.HI/c1-5-23-22(28-11-10-18(15-28)19-13-25-27(4)14-19)24-12-17-6-8-20(9-7-17)26-21(29)16(2)3;/h6-9,13-14,16,18H,5,10-12,15H2,1-4H3,(H,23,24)(H,26,29);1H. The summed E-state index contributed by atoms with van der Waals surface area (Å²) >= 11 is 0. The highest BCUT2D eigenvalue weighted by Gasteiger charge is 2.26. The SMILES string of the molecule is CCNC(=NCc1ccc(NC(=O)C(C)C)cc1)N1CCC(c2cnn(C)c2)C1.I. The topological polar surface area (TPSA) is 74.6 Å². The van der Waals surface area contributed by atoms with Gasteiger partial charge < -0.3 is 15.5 Å². The molecular weight excluding hydrogens is 491 g/mol. The van der Waals surface area contributed by atoms with Crippen LogP contribution in [0.2, 0.25) is 0 Å². The molecule has 3 rings (SSSR count). The number of aryl methyl sites for hydroxylation is 1. The molecule has 164 valence electrons. The number of halogens is 1. The second-order valence-electron chi connectivity index (χ2n) is 7.89. The molecular formula is C22H33IN6O. The van der Waals surface area contributed by atoms with Crippen molar-refractivity contribution in [3.8, 4) is 0 Å². The molecule has 0 aliphatic carbocycles. The minimum Gasteiger partial charge on any atom is -0.357 e. The van der Waals surface area contributed by atoms with Gasteiger partial charge in [0.1, 0.15) is 0 Å². The fourth-order valence-electron chi connectivity index (χ4n) is 3.45. The zero-order chi connectivity index (χ0) is 20.8. The second-order valence-corrected chi connectivity index (χ2v) is 7.89. The van der Waals surface area contributed by atoms with Crippen LogP contribution in [-0.2, 0) is 18.4 Å². The zero-order valence-electron chi connectivity index (χ0n) is 18.3. The molecule has 1 amide bonds. The van der Waals surface area contributed by atoms with Crippen molar-refractivity contribution in [2.75, 3.05) is 25.0 Å². The third-order valence-corrected chi connectivity index (χ3v) is 5.18. The summed E-state index contributed by atoms with van der Waals surface area (Å²) in [5.74, 6) is 1.45.